The van der Waals surface area contributed by atoms with Gasteiger partial charge in [0.05, 0.1) is 14.2 Å². The molecular weight excluding hydrogens is 431 g/mol. The molecule has 2 atom stereocenters. The molecule has 1 aromatic heterocycles. The Labute approximate surface area is 185 Å². The first-order valence-electron chi connectivity index (χ1n) is 9.62. The van der Waals surface area contributed by atoms with Gasteiger partial charge >= 0.3 is 5.97 Å². The second kappa shape index (κ2) is 9.73. The van der Waals surface area contributed by atoms with Crippen molar-refractivity contribution in [1.82, 2.24) is 4.90 Å². The molecule has 1 N–H and O–H groups in total. The number of likely N-dealkylation sites (tertiary alicyclic amines) is 1. The third-order valence-electron chi connectivity index (χ3n) is 5.48. The molecule has 162 valence electrons. The van der Waals surface area contributed by atoms with Crippen LogP contribution in [0.5, 0.6) is 11.5 Å². The van der Waals surface area contributed by atoms with Gasteiger partial charge in [0.25, 0.3) is 0 Å². The quantitative estimate of drug-likeness (QED) is 0.504. The topological polar surface area (TPSA) is 85.9 Å². The van der Waals surface area contributed by atoms with Crippen LogP contribution in [-0.4, -0.2) is 42.8 Å². The molecule has 0 saturated carbocycles. The Bertz CT molecular complexity index is 901. The normalized spacial score (nSPS) is 18.1. The van der Waals surface area contributed by atoms with Crippen molar-refractivity contribution >= 4 is 29.2 Å². The van der Waals surface area contributed by atoms with Crippen molar-refractivity contribution in [3.8, 4) is 11.5 Å². The van der Waals surface area contributed by atoms with Crippen LogP contribution < -0.4 is 14.2 Å². The Morgan fingerprint density at radius 1 is 1.23 bits per heavy atom. The van der Waals surface area contributed by atoms with E-state index in [1.54, 1.807) is 20.3 Å². The highest BCUT2D eigenvalue weighted by Crippen LogP contribution is 2.38. The van der Waals surface area contributed by atoms with Crippen LogP contribution in [0.15, 0.2) is 30.6 Å². The average Bonchev–Trinajstić information content (AvgIpc) is 2.72. The maximum atomic E-state index is 12.0. The third kappa shape index (κ3) is 4.74. The number of methoxy groups -OCH3 is 2. The molecule has 1 fully saturated rings. The molecule has 9 heteroatoms. The van der Waals surface area contributed by atoms with Gasteiger partial charge in [-0.25, -0.2) is 0 Å². The fourth-order valence-electron chi connectivity index (χ4n) is 4.00. The molecule has 1 aliphatic heterocycles. The fourth-order valence-corrected chi connectivity index (χ4v) is 4.60. The number of aliphatic carboxylic acids is 1. The number of halogens is 2. The number of pyridine rings is 1. The van der Waals surface area contributed by atoms with Crippen molar-refractivity contribution in [2.24, 2.45) is 0 Å². The molecule has 0 spiro atoms. The first-order valence-corrected chi connectivity index (χ1v) is 10.4. The molecular formula is C21H24Cl2N2O5. The summed E-state index contributed by atoms with van der Waals surface area (Å²) in [5.41, 5.74) is 1.45. The zero-order valence-electron chi connectivity index (χ0n) is 16.8. The van der Waals surface area contributed by atoms with E-state index >= 15 is 0 Å². The summed E-state index contributed by atoms with van der Waals surface area (Å²) >= 11 is 12.7. The monoisotopic (exact) mass is 454 g/mol. The number of piperidine rings is 1. The number of hydrogen-bond donors (Lipinski definition) is 1. The van der Waals surface area contributed by atoms with Crippen LogP contribution in [0.3, 0.4) is 0 Å². The minimum absolute atomic E-state index is 0.242. The Balaban J connectivity index is 2.08. The number of rotatable bonds is 7. The summed E-state index contributed by atoms with van der Waals surface area (Å²) in [5.74, 6) is 0.269. The van der Waals surface area contributed by atoms with Crippen LogP contribution in [0.25, 0.3) is 0 Å². The number of hydrogen-bond acceptors (Lipinski definition) is 5. The zero-order chi connectivity index (χ0) is 21.8. The Kier molecular flexibility index (Phi) is 7.28. The van der Waals surface area contributed by atoms with Crippen molar-refractivity contribution < 1.29 is 24.1 Å². The number of nitrogens with zero attached hydrogens (tertiary/aromatic N) is 2. The standard InChI is InChI=1S/C21H24Cl2N2O5/c1-29-19-7-6-13(9-20(19)30-2)18(25-8-4-3-5-17(25)21(26)27)10-14-15(22)11-24(28)12-16(14)23/h6-7,9,11-12,17-18H,3-5,8,10H2,1-2H3,(H,26,27)/t17-,18-/m0/s1. The van der Waals surface area contributed by atoms with E-state index < -0.39 is 12.0 Å². The van der Waals surface area contributed by atoms with E-state index in [9.17, 15) is 15.1 Å². The molecule has 1 saturated heterocycles. The summed E-state index contributed by atoms with van der Waals surface area (Å²) in [6, 6.07) is 4.57. The number of benzene rings is 1. The van der Waals surface area contributed by atoms with Crippen molar-refractivity contribution in [2.45, 2.75) is 37.8 Å². The number of aromatic nitrogens is 1. The molecule has 1 aliphatic rings. The highest BCUT2D eigenvalue weighted by molar-refractivity contribution is 6.35. The van der Waals surface area contributed by atoms with Gasteiger partial charge in [-0.1, -0.05) is 35.7 Å². The summed E-state index contributed by atoms with van der Waals surface area (Å²) in [6.45, 7) is 0.625. The van der Waals surface area contributed by atoms with Gasteiger partial charge in [0, 0.05) is 11.6 Å². The first-order chi connectivity index (χ1) is 14.3. The summed E-state index contributed by atoms with van der Waals surface area (Å²) < 4.78 is 11.3. The van der Waals surface area contributed by atoms with Crippen LogP contribution >= 0.6 is 23.2 Å². The lowest BCUT2D eigenvalue weighted by Crippen LogP contribution is -2.47. The molecule has 2 heterocycles. The molecule has 1 aromatic carbocycles. The van der Waals surface area contributed by atoms with Gasteiger partial charge in [-0.3, -0.25) is 9.69 Å². The van der Waals surface area contributed by atoms with Crippen LogP contribution in [0.4, 0.5) is 0 Å². The van der Waals surface area contributed by atoms with Crippen molar-refractivity contribution in [3.05, 3.63) is 57.0 Å². The molecule has 0 unspecified atom stereocenters. The van der Waals surface area contributed by atoms with E-state index in [-0.39, 0.29) is 16.1 Å². The lowest BCUT2D eigenvalue weighted by molar-refractivity contribution is -0.605. The van der Waals surface area contributed by atoms with E-state index in [1.165, 1.54) is 12.4 Å². The van der Waals surface area contributed by atoms with Crippen LogP contribution in [-0.2, 0) is 11.2 Å². The maximum absolute atomic E-state index is 12.0. The summed E-state index contributed by atoms with van der Waals surface area (Å²) in [6.07, 6.45) is 5.16. The minimum atomic E-state index is -0.858. The van der Waals surface area contributed by atoms with Gasteiger partial charge in [-0.2, -0.15) is 4.73 Å². The van der Waals surface area contributed by atoms with Gasteiger partial charge in [0.1, 0.15) is 16.1 Å². The summed E-state index contributed by atoms with van der Waals surface area (Å²) in [5, 5.41) is 21.9. The SMILES string of the molecule is COc1ccc([C@H](Cc2c(Cl)c[n+]([O-])cc2Cl)N2CCCC[C@H]2C(=O)O)cc1OC. The highest BCUT2D eigenvalue weighted by Gasteiger charge is 2.35. The van der Waals surface area contributed by atoms with Gasteiger partial charge in [-0.05, 0) is 43.5 Å². The Morgan fingerprint density at radius 2 is 1.90 bits per heavy atom. The van der Waals surface area contributed by atoms with E-state index in [1.807, 2.05) is 17.0 Å². The van der Waals surface area contributed by atoms with E-state index in [4.69, 9.17) is 32.7 Å². The molecule has 30 heavy (non-hydrogen) atoms. The van der Waals surface area contributed by atoms with E-state index in [0.717, 1.165) is 18.4 Å². The van der Waals surface area contributed by atoms with E-state index in [2.05, 4.69) is 0 Å². The van der Waals surface area contributed by atoms with Gasteiger partial charge in [-0.15, -0.1) is 0 Å². The number of ether oxygens (including phenoxy) is 2. The second-order valence-electron chi connectivity index (χ2n) is 7.21. The Hall–Kier alpha value is -2.22. The second-order valence-corrected chi connectivity index (χ2v) is 8.03. The van der Waals surface area contributed by atoms with Crippen molar-refractivity contribution in [1.29, 1.82) is 0 Å². The molecule has 0 bridgehead atoms. The molecule has 2 aromatic rings. The van der Waals surface area contributed by atoms with Gasteiger partial charge in [0.2, 0.25) is 0 Å². The minimum Gasteiger partial charge on any atom is -0.619 e. The maximum Gasteiger partial charge on any atom is 0.320 e. The highest BCUT2D eigenvalue weighted by atomic mass is 35.5. The predicted molar refractivity (Wildman–Crippen MR) is 113 cm³/mol. The molecule has 0 amide bonds. The van der Waals surface area contributed by atoms with Crippen molar-refractivity contribution in [2.75, 3.05) is 20.8 Å². The molecule has 0 radical (unpaired) electrons. The van der Waals surface area contributed by atoms with Crippen molar-refractivity contribution in [3.63, 3.8) is 0 Å². The van der Waals surface area contributed by atoms with E-state index in [0.29, 0.717) is 41.2 Å². The van der Waals surface area contributed by atoms with Gasteiger partial charge in [0.15, 0.2) is 23.9 Å². The zero-order valence-corrected chi connectivity index (χ0v) is 18.3. The predicted octanol–water partition coefficient (Wildman–Crippen LogP) is 3.87. The smallest absolute Gasteiger partial charge is 0.320 e. The molecule has 3 rings (SSSR count). The number of carboxylic acids is 1. The summed E-state index contributed by atoms with van der Waals surface area (Å²) in [7, 11) is 3.11. The average molecular weight is 455 g/mol. The fraction of sp³-hybridized carbons (Fsp3) is 0.429. The van der Waals surface area contributed by atoms with Crippen LogP contribution in [0.1, 0.15) is 36.4 Å². The molecule has 0 aliphatic carbocycles. The largest absolute Gasteiger partial charge is 0.619 e. The lowest BCUT2D eigenvalue weighted by Gasteiger charge is -2.39. The van der Waals surface area contributed by atoms with Crippen LogP contribution in [0, 0.1) is 5.21 Å². The number of carbonyl (C=O) groups is 1. The van der Waals surface area contributed by atoms with Crippen LogP contribution in [0.2, 0.25) is 10.0 Å². The molecule has 7 nitrogen and oxygen atoms in total. The van der Waals surface area contributed by atoms with Gasteiger partial charge < -0.3 is 19.8 Å². The first kappa shape index (κ1) is 22.5. The number of carboxylic acid groups (broad SMARTS) is 1. The Morgan fingerprint density at radius 3 is 2.50 bits per heavy atom. The summed E-state index contributed by atoms with van der Waals surface area (Å²) in [4.78, 5) is 13.9. The lowest BCUT2D eigenvalue weighted by atomic mass is 9.92. The third-order valence-corrected chi connectivity index (χ3v) is 6.13.